The van der Waals surface area contributed by atoms with Gasteiger partial charge in [0.25, 0.3) is 0 Å². The Kier molecular flexibility index (Phi) is 4.90. The molecule has 126 valence electrons. The number of methoxy groups -OCH3 is 1. The maximum atomic E-state index is 11.3. The predicted octanol–water partition coefficient (Wildman–Crippen LogP) is 1.91. The molecule has 2 heterocycles. The normalized spacial score (nSPS) is 14.3. The van der Waals surface area contributed by atoms with Crippen LogP contribution in [-0.2, 0) is 9.53 Å². The molecule has 24 heavy (non-hydrogen) atoms. The zero-order valence-corrected chi connectivity index (χ0v) is 13.7. The number of nitrogens with zero attached hydrogens (tertiary/aromatic N) is 3. The number of aromatic nitrogens is 2. The van der Waals surface area contributed by atoms with Crippen molar-refractivity contribution >= 4 is 11.9 Å². The topological polar surface area (TPSA) is 73.8 Å². The number of morpholine rings is 1. The highest BCUT2D eigenvalue weighted by atomic mass is 16.5. The summed E-state index contributed by atoms with van der Waals surface area (Å²) in [5.41, 5.74) is 1.53. The van der Waals surface area contributed by atoms with Gasteiger partial charge in [-0.25, -0.2) is 4.98 Å². The predicted molar refractivity (Wildman–Crippen MR) is 88.4 cm³/mol. The van der Waals surface area contributed by atoms with Crippen LogP contribution in [0.2, 0.25) is 0 Å². The van der Waals surface area contributed by atoms with E-state index >= 15 is 0 Å². The summed E-state index contributed by atoms with van der Waals surface area (Å²) in [5, 5.41) is 0. The summed E-state index contributed by atoms with van der Waals surface area (Å²) in [6, 6.07) is 9.20. The van der Waals surface area contributed by atoms with Crippen molar-refractivity contribution in [3.63, 3.8) is 0 Å². The van der Waals surface area contributed by atoms with Crippen molar-refractivity contribution in [2.75, 3.05) is 38.3 Å². The second-order valence-corrected chi connectivity index (χ2v) is 5.32. The number of ether oxygens (including phenoxy) is 3. The lowest BCUT2D eigenvalue weighted by Crippen LogP contribution is -2.37. The van der Waals surface area contributed by atoms with Gasteiger partial charge in [0, 0.05) is 31.6 Å². The Hall–Kier alpha value is -2.67. The number of esters is 1. The van der Waals surface area contributed by atoms with E-state index in [-0.39, 0.29) is 5.88 Å². The van der Waals surface area contributed by atoms with Gasteiger partial charge >= 0.3 is 5.97 Å². The highest BCUT2D eigenvalue weighted by Gasteiger charge is 2.17. The molecule has 0 radical (unpaired) electrons. The highest BCUT2D eigenvalue weighted by molar-refractivity contribution is 5.70. The van der Waals surface area contributed by atoms with Crippen molar-refractivity contribution < 1.29 is 19.0 Å². The summed E-state index contributed by atoms with van der Waals surface area (Å²) < 4.78 is 15.8. The van der Waals surface area contributed by atoms with Crippen LogP contribution in [0.1, 0.15) is 6.92 Å². The van der Waals surface area contributed by atoms with E-state index in [1.807, 2.05) is 29.2 Å². The van der Waals surface area contributed by atoms with E-state index < -0.39 is 5.97 Å². The smallest absolute Gasteiger partial charge is 0.309 e. The summed E-state index contributed by atoms with van der Waals surface area (Å²) in [6.07, 6.45) is 0. The fraction of sp³-hybridized carbons (Fsp3) is 0.353. The molecule has 1 aliphatic rings. The van der Waals surface area contributed by atoms with E-state index in [4.69, 9.17) is 14.2 Å². The number of benzene rings is 1. The van der Waals surface area contributed by atoms with Gasteiger partial charge in [-0.3, -0.25) is 4.79 Å². The lowest BCUT2D eigenvalue weighted by Gasteiger charge is -2.27. The molecule has 3 rings (SSSR count). The van der Waals surface area contributed by atoms with Gasteiger partial charge in [0.1, 0.15) is 5.75 Å². The molecule has 0 amide bonds. The molecule has 0 atom stereocenters. The number of hydrogen-bond acceptors (Lipinski definition) is 7. The van der Waals surface area contributed by atoms with Crippen molar-refractivity contribution in [3.05, 3.63) is 30.3 Å². The molecular weight excluding hydrogens is 310 g/mol. The van der Waals surface area contributed by atoms with E-state index in [0.29, 0.717) is 37.9 Å². The molecule has 0 saturated carbocycles. The Bertz CT molecular complexity index is 730. The second-order valence-electron chi connectivity index (χ2n) is 5.32. The quantitative estimate of drug-likeness (QED) is 0.793. The summed E-state index contributed by atoms with van der Waals surface area (Å²) in [7, 11) is 1.61. The van der Waals surface area contributed by atoms with Gasteiger partial charge in [-0.2, -0.15) is 4.98 Å². The third kappa shape index (κ3) is 3.80. The lowest BCUT2D eigenvalue weighted by molar-refractivity contribution is -0.132. The van der Waals surface area contributed by atoms with Crippen LogP contribution in [-0.4, -0.2) is 49.4 Å². The number of hydrogen-bond donors (Lipinski definition) is 0. The summed E-state index contributed by atoms with van der Waals surface area (Å²) in [6.45, 7) is 3.98. The van der Waals surface area contributed by atoms with Gasteiger partial charge in [0.2, 0.25) is 11.8 Å². The maximum Gasteiger partial charge on any atom is 0.309 e. The van der Waals surface area contributed by atoms with Gasteiger partial charge in [0.15, 0.2) is 0 Å². The van der Waals surface area contributed by atoms with Gasteiger partial charge < -0.3 is 19.1 Å². The van der Waals surface area contributed by atoms with E-state index in [1.54, 1.807) is 13.2 Å². The minimum atomic E-state index is -0.418. The molecule has 7 heteroatoms. The Morgan fingerprint density at radius 2 is 2.00 bits per heavy atom. The molecule has 1 aromatic carbocycles. The van der Waals surface area contributed by atoms with Crippen LogP contribution in [0.25, 0.3) is 11.3 Å². The van der Waals surface area contributed by atoms with E-state index in [9.17, 15) is 4.79 Å². The molecule has 2 aromatic rings. The molecule has 1 saturated heterocycles. The highest BCUT2D eigenvalue weighted by Crippen LogP contribution is 2.27. The monoisotopic (exact) mass is 329 g/mol. The van der Waals surface area contributed by atoms with Crippen LogP contribution < -0.4 is 14.4 Å². The molecule has 1 aliphatic heterocycles. The van der Waals surface area contributed by atoms with Crippen molar-refractivity contribution in [2.24, 2.45) is 0 Å². The van der Waals surface area contributed by atoms with Gasteiger partial charge in [-0.05, 0) is 12.1 Å². The van der Waals surface area contributed by atoms with Gasteiger partial charge in [-0.1, -0.05) is 12.1 Å². The number of anilines is 1. The minimum absolute atomic E-state index is 0.233. The van der Waals surface area contributed by atoms with Crippen molar-refractivity contribution in [1.82, 2.24) is 9.97 Å². The molecular formula is C17H19N3O4. The first kappa shape index (κ1) is 16.2. The number of carbonyl (C=O) groups excluding carboxylic acids is 1. The number of rotatable bonds is 4. The Balaban J connectivity index is 2.01. The molecule has 7 nitrogen and oxygen atoms in total. The average Bonchev–Trinajstić information content (AvgIpc) is 2.61. The summed E-state index contributed by atoms with van der Waals surface area (Å²) in [4.78, 5) is 22.3. The van der Waals surface area contributed by atoms with E-state index in [1.165, 1.54) is 6.92 Å². The molecule has 0 spiro atoms. The van der Waals surface area contributed by atoms with Crippen molar-refractivity contribution in [2.45, 2.75) is 6.92 Å². The maximum absolute atomic E-state index is 11.3. The summed E-state index contributed by atoms with van der Waals surface area (Å²) in [5.74, 6) is 1.07. The SMILES string of the molecule is COc1cccc(-c2cc(OC(C)=O)nc(N3CCOCC3)n2)c1. The standard InChI is InChI=1S/C17H19N3O4/c1-12(21)24-16-11-15(13-4-3-5-14(10-13)22-2)18-17(19-16)20-6-8-23-9-7-20/h3-5,10-11H,6-9H2,1-2H3. The minimum Gasteiger partial charge on any atom is -0.497 e. The molecule has 0 aliphatic carbocycles. The molecule has 0 unspecified atom stereocenters. The first-order chi connectivity index (χ1) is 11.7. The second kappa shape index (κ2) is 7.27. The molecule has 1 fully saturated rings. The number of carbonyl (C=O) groups is 1. The van der Waals surface area contributed by atoms with Gasteiger partial charge in [-0.15, -0.1) is 0 Å². The third-order valence-electron chi connectivity index (χ3n) is 3.60. The molecule has 0 bridgehead atoms. The zero-order chi connectivity index (χ0) is 16.9. The van der Waals surface area contributed by atoms with Crippen LogP contribution >= 0.6 is 0 Å². The third-order valence-corrected chi connectivity index (χ3v) is 3.60. The van der Waals surface area contributed by atoms with Crippen LogP contribution in [0.15, 0.2) is 30.3 Å². The largest absolute Gasteiger partial charge is 0.497 e. The first-order valence-corrected chi connectivity index (χ1v) is 7.70. The first-order valence-electron chi connectivity index (χ1n) is 7.70. The Labute approximate surface area is 140 Å². The van der Waals surface area contributed by atoms with Gasteiger partial charge in [0.05, 0.1) is 26.0 Å². The van der Waals surface area contributed by atoms with E-state index in [2.05, 4.69) is 9.97 Å². The zero-order valence-electron chi connectivity index (χ0n) is 13.7. The van der Waals surface area contributed by atoms with Crippen LogP contribution in [0.4, 0.5) is 5.95 Å². The molecule has 0 N–H and O–H groups in total. The van der Waals surface area contributed by atoms with Crippen LogP contribution in [0.3, 0.4) is 0 Å². The van der Waals surface area contributed by atoms with E-state index in [0.717, 1.165) is 11.3 Å². The summed E-state index contributed by atoms with van der Waals surface area (Å²) >= 11 is 0. The Morgan fingerprint density at radius 1 is 1.21 bits per heavy atom. The fourth-order valence-electron chi connectivity index (χ4n) is 2.45. The molecule has 1 aromatic heterocycles. The lowest BCUT2D eigenvalue weighted by atomic mass is 10.1. The van der Waals surface area contributed by atoms with Crippen LogP contribution in [0.5, 0.6) is 11.6 Å². The average molecular weight is 329 g/mol. The fourth-order valence-corrected chi connectivity index (χ4v) is 2.45. The van der Waals surface area contributed by atoms with Crippen LogP contribution in [0, 0.1) is 0 Å². The van der Waals surface area contributed by atoms with Crippen molar-refractivity contribution in [1.29, 1.82) is 0 Å². The van der Waals surface area contributed by atoms with Crippen molar-refractivity contribution in [3.8, 4) is 22.9 Å². The Morgan fingerprint density at radius 3 is 2.71 bits per heavy atom.